The molecule has 2 aromatic rings. The van der Waals surface area contributed by atoms with Crippen LogP contribution in [0, 0.1) is 0 Å². The summed E-state index contributed by atoms with van der Waals surface area (Å²) in [6.45, 7) is 5.16. The molecule has 1 aliphatic heterocycles. The number of nitrogens with two attached hydrogens (primary N) is 1. The zero-order chi connectivity index (χ0) is 29.4. The molecule has 3 N–H and O–H groups in total. The van der Waals surface area contributed by atoms with Crippen LogP contribution in [0.15, 0.2) is 12.7 Å². The van der Waals surface area contributed by atoms with Crippen LogP contribution in [0.1, 0.15) is 110 Å². The quantitative estimate of drug-likeness (QED) is 0.0691. The monoisotopic (exact) mass is 609 g/mol. The molecule has 0 spiro atoms. The maximum Gasteiger partial charge on any atom is 0.353 e. The van der Waals surface area contributed by atoms with Gasteiger partial charge in [0.15, 0.2) is 11.5 Å². The number of nitrogens with zero attached hydrogens (tertiary/aromatic N) is 4. The van der Waals surface area contributed by atoms with Gasteiger partial charge in [0.1, 0.15) is 18.2 Å². The minimum Gasteiger partial charge on any atom is -0.382 e. The molecule has 41 heavy (non-hydrogen) atoms. The molecule has 1 saturated heterocycles. The van der Waals surface area contributed by atoms with Crippen molar-refractivity contribution in [3.8, 4) is 0 Å². The van der Waals surface area contributed by atoms with Crippen LogP contribution in [0.5, 0.6) is 0 Å². The number of ether oxygens (including phenoxy) is 1. The molecule has 9 nitrogen and oxygen atoms in total. The molecule has 3 rings (SSSR count). The fourth-order valence-corrected chi connectivity index (χ4v) is 9.91. The summed E-state index contributed by atoms with van der Waals surface area (Å²) in [5.41, 5.74) is 6.96. The third-order valence-electron chi connectivity index (χ3n) is 8.68. The third kappa shape index (κ3) is 13.2. The molecule has 0 radical (unpaired) electrons. The fraction of sp³-hybridized carbons (Fsp3) is 0.833. The van der Waals surface area contributed by atoms with Gasteiger partial charge in [-0.25, -0.2) is 15.0 Å². The lowest BCUT2D eigenvalue weighted by Crippen LogP contribution is -2.37. The van der Waals surface area contributed by atoms with E-state index in [0.717, 1.165) is 19.3 Å². The first-order chi connectivity index (χ1) is 19.8. The summed E-state index contributed by atoms with van der Waals surface area (Å²) in [7, 11) is -4.45. The third-order valence-corrected chi connectivity index (χ3v) is 14.4. The van der Waals surface area contributed by atoms with Crippen LogP contribution in [0.25, 0.3) is 11.2 Å². The second-order valence-corrected chi connectivity index (χ2v) is 19.5. The van der Waals surface area contributed by atoms with Gasteiger partial charge in [-0.15, -0.1) is 0 Å². The van der Waals surface area contributed by atoms with E-state index in [4.69, 9.17) is 15.0 Å². The van der Waals surface area contributed by atoms with Gasteiger partial charge in [0.05, 0.1) is 33.7 Å². The van der Waals surface area contributed by atoms with Crippen LogP contribution in [0.3, 0.4) is 0 Å². The summed E-state index contributed by atoms with van der Waals surface area (Å²) >= 11 is 0. The molecule has 1 unspecified atom stereocenters. The van der Waals surface area contributed by atoms with Gasteiger partial charge in [0.25, 0.3) is 0 Å². The largest absolute Gasteiger partial charge is 0.382 e. The first-order valence-electron chi connectivity index (χ1n) is 16.3. The lowest BCUT2D eigenvalue weighted by molar-refractivity contribution is 0.0715. The Hall–Kier alpha value is -1.32. The lowest BCUT2D eigenvalue weighted by Gasteiger charge is -2.36. The normalized spacial score (nSPS) is 17.0. The van der Waals surface area contributed by atoms with Crippen molar-refractivity contribution >= 4 is 32.7 Å². The van der Waals surface area contributed by atoms with E-state index in [1.54, 1.807) is 29.0 Å². The highest BCUT2D eigenvalue weighted by Gasteiger charge is 2.32. The Morgan fingerprint density at radius 3 is 2.05 bits per heavy atom. The lowest BCUT2D eigenvalue weighted by atomic mass is 10.0. The highest BCUT2D eigenvalue weighted by Crippen LogP contribution is 2.42. The molecular weight excluding hydrogens is 553 g/mol. The zero-order valence-corrected chi connectivity index (χ0v) is 27.7. The number of hydrogen-bond donors (Lipinski definition) is 2. The number of unbranched alkanes of at least 4 members (excludes halogenated alkanes) is 14. The van der Waals surface area contributed by atoms with Gasteiger partial charge in [-0.2, -0.15) is 0 Å². The summed E-state index contributed by atoms with van der Waals surface area (Å²) in [5.74, 6) is 0.321. The van der Waals surface area contributed by atoms with E-state index >= 15 is 0 Å². The Balaban J connectivity index is 1.07. The maximum atomic E-state index is 12.3. The molecule has 1 aliphatic rings. The molecule has 0 bridgehead atoms. The molecule has 11 heteroatoms. The number of anilines is 1. The standard InChI is InChI=1S/C30H56N5O4PSi/c1-27(23-35-25-34-28-29(31)32-24-33-30(28)35)38-26-40(36,37)39-19-16-14-12-10-8-6-4-3-5-7-9-11-13-15-17-20-41(2)21-18-22-41/h24-25,27H,3-23,26H2,1-2H3,(H,36,37)(H2,31,32,33)/t27-/m1/s1. The Kier molecular flexibility index (Phi) is 15.3. The molecule has 0 amide bonds. The van der Waals surface area contributed by atoms with Gasteiger partial charge in [0, 0.05) is 0 Å². The molecule has 2 aromatic heterocycles. The number of rotatable bonds is 24. The van der Waals surface area contributed by atoms with Crippen molar-refractivity contribution in [1.29, 1.82) is 0 Å². The molecule has 234 valence electrons. The molecule has 0 aliphatic carbocycles. The minimum absolute atomic E-state index is 0.287. The average molecular weight is 610 g/mol. The predicted octanol–water partition coefficient (Wildman–Crippen LogP) is 8.31. The molecule has 1 fully saturated rings. The van der Waals surface area contributed by atoms with E-state index in [1.807, 2.05) is 6.92 Å². The van der Waals surface area contributed by atoms with Crippen molar-refractivity contribution in [2.75, 3.05) is 18.7 Å². The second kappa shape index (κ2) is 18.4. The number of nitrogen functional groups attached to an aromatic ring is 1. The Labute approximate surface area is 249 Å². The van der Waals surface area contributed by atoms with Gasteiger partial charge in [0.2, 0.25) is 0 Å². The first-order valence-corrected chi connectivity index (χ1v) is 21.2. The van der Waals surface area contributed by atoms with E-state index in [1.165, 1.54) is 89.8 Å². The van der Waals surface area contributed by atoms with E-state index in [2.05, 4.69) is 21.5 Å². The van der Waals surface area contributed by atoms with Crippen molar-refractivity contribution in [1.82, 2.24) is 19.5 Å². The fourth-order valence-electron chi connectivity index (χ4n) is 5.81. The molecule has 2 atom stereocenters. The number of fused-ring (bicyclic) bond motifs is 1. The summed E-state index contributed by atoms with van der Waals surface area (Å²) in [6.07, 6.45) is 23.6. The van der Waals surface area contributed by atoms with Crippen LogP contribution < -0.4 is 5.73 Å². The van der Waals surface area contributed by atoms with Crippen molar-refractivity contribution in [3.05, 3.63) is 12.7 Å². The Morgan fingerprint density at radius 1 is 0.927 bits per heavy atom. The zero-order valence-electron chi connectivity index (χ0n) is 25.8. The SMILES string of the molecule is C[C@H](Cn1cnc2c(N)ncnc21)OCP(=O)(O)OCCCCCCCCCCCCCCCCC[Si]1(C)CCC1. The van der Waals surface area contributed by atoms with Gasteiger partial charge in [-0.3, -0.25) is 4.57 Å². The van der Waals surface area contributed by atoms with E-state index in [9.17, 15) is 9.46 Å². The molecular formula is C30H56N5O4PSi. The average Bonchev–Trinajstić information content (AvgIpc) is 3.34. The van der Waals surface area contributed by atoms with Crippen LogP contribution in [0.2, 0.25) is 24.7 Å². The van der Waals surface area contributed by atoms with Crippen LogP contribution in [0.4, 0.5) is 5.82 Å². The first kappa shape index (κ1) is 34.2. The van der Waals surface area contributed by atoms with Crippen LogP contribution in [-0.2, 0) is 20.4 Å². The highest BCUT2D eigenvalue weighted by molar-refractivity contribution is 7.52. The molecule has 3 heterocycles. The van der Waals surface area contributed by atoms with Gasteiger partial charge in [-0.1, -0.05) is 121 Å². The van der Waals surface area contributed by atoms with Gasteiger partial charge >= 0.3 is 7.60 Å². The van der Waals surface area contributed by atoms with Gasteiger partial charge < -0.3 is 24.5 Å². The number of aromatic nitrogens is 4. The van der Waals surface area contributed by atoms with E-state index < -0.39 is 15.7 Å². The van der Waals surface area contributed by atoms with E-state index in [0.29, 0.717) is 23.5 Å². The highest BCUT2D eigenvalue weighted by atomic mass is 31.2. The van der Waals surface area contributed by atoms with Crippen molar-refractivity contribution in [2.45, 2.75) is 147 Å². The summed E-state index contributed by atoms with van der Waals surface area (Å²) in [6, 6.07) is 4.81. The Morgan fingerprint density at radius 2 is 1.49 bits per heavy atom. The maximum absolute atomic E-state index is 12.3. The number of hydrogen-bond acceptors (Lipinski definition) is 7. The van der Waals surface area contributed by atoms with Crippen molar-refractivity contribution < 1.29 is 18.7 Å². The Bertz CT molecular complexity index is 1050. The van der Waals surface area contributed by atoms with Gasteiger partial charge in [-0.05, 0) is 13.3 Å². The summed E-state index contributed by atoms with van der Waals surface area (Å²) in [5, 5.41) is 0. The topological polar surface area (TPSA) is 125 Å². The smallest absolute Gasteiger partial charge is 0.353 e. The minimum atomic E-state index is -3.78. The second-order valence-electron chi connectivity index (χ2n) is 12.6. The number of imidazole rings is 1. The van der Waals surface area contributed by atoms with Crippen LogP contribution >= 0.6 is 7.60 Å². The summed E-state index contributed by atoms with van der Waals surface area (Å²) in [4.78, 5) is 22.5. The van der Waals surface area contributed by atoms with Crippen molar-refractivity contribution in [3.63, 3.8) is 0 Å². The predicted molar refractivity (Wildman–Crippen MR) is 171 cm³/mol. The molecule has 0 aromatic carbocycles. The van der Waals surface area contributed by atoms with Crippen LogP contribution in [-0.4, -0.2) is 51.5 Å². The van der Waals surface area contributed by atoms with E-state index in [-0.39, 0.29) is 19.1 Å². The molecule has 0 saturated carbocycles. The summed E-state index contributed by atoms with van der Waals surface area (Å²) < 4.78 is 25.0. The van der Waals surface area contributed by atoms with Crippen molar-refractivity contribution in [2.24, 2.45) is 0 Å².